The van der Waals surface area contributed by atoms with Crippen molar-refractivity contribution >= 4 is 11.9 Å². The van der Waals surface area contributed by atoms with Gasteiger partial charge in [-0.25, -0.2) is 0 Å². The van der Waals surface area contributed by atoms with Crippen LogP contribution in [0.5, 0.6) is 6.01 Å². The number of aromatic nitrogens is 5. The molecule has 0 atom stereocenters. The molecular weight excluding hydrogens is 270 g/mol. The molecule has 8 heteroatoms. The molecule has 0 fully saturated rings. The average molecular weight is 291 g/mol. The summed E-state index contributed by atoms with van der Waals surface area (Å²) in [4.78, 5) is 12.6. The maximum atomic E-state index is 5.51. The molecule has 0 bridgehead atoms. The fraction of sp³-hybridized carbons (Fsp3) is 0.538. The third kappa shape index (κ3) is 4.90. The van der Waals surface area contributed by atoms with Crippen molar-refractivity contribution in [2.45, 2.75) is 32.9 Å². The Morgan fingerprint density at radius 1 is 1.24 bits per heavy atom. The lowest BCUT2D eigenvalue weighted by atomic mass is 10.4. The largest absolute Gasteiger partial charge is 0.461 e. The van der Waals surface area contributed by atoms with Gasteiger partial charge in [0.2, 0.25) is 11.9 Å². The lowest BCUT2D eigenvalue weighted by Crippen LogP contribution is -2.14. The predicted octanol–water partition coefficient (Wildman–Crippen LogP) is 1.40. The Kier molecular flexibility index (Phi) is 5.30. The van der Waals surface area contributed by atoms with Gasteiger partial charge in [-0.2, -0.15) is 20.1 Å². The van der Waals surface area contributed by atoms with E-state index in [0.29, 0.717) is 17.9 Å². The summed E-state index contributed by atoms with van der Waals surface area (Å²) >= 11 is 0. The van der Waals surface area contributed by atoms with Crippen LogP contribution in [0.3, 0.4) is 0 Å². The highest BCUT2D eigenvalue weighted by Gasteiger charge is 2.07. The Bertz CT molecular complexity index is 541. The van der Waals surface area contributed by atoms with Gasteiger partial charge in [0, 0.05) is 32.5 Å². The molecule has 0 spiro atoms. The number of nitrogens with zero attached hydrogens (tertiary/aromatic N) is 5. The molecule has 0 aromatic carbocycles. The van der Waals surface area contributed by atoms with E-state index in [2.05, 4.69) is 30.7 Å². The SMILES string of the molecule is CNc1nc(NCCCn2cccn2)nc(OC(C)C)n1. The number of hydrogen-bond acceptors (Lipinski definition) is 7. The van der Waals surface area contributed by atoms with Crippen molar-refractivity contribution in [2.24, 2.45) is 0 Å². The number of hydrogen-bond donors (Lipinski definition) is 2. The van der Waals surface area contributed by atoms with Crippen LogP contribution in [0.2, 0.25) is 0 Å². The minimum Gasteiger partial charge on any atom is -0.461 e. The predicted molar refractivity (Wildman–Crippen MR) is 80.5 cm³/mol. The van der Waals surface area contributed by atoms with E-state index in [9.17, 15) is 0 Å². The molecule has 2 heterocycles. The highest BCUT2D eigenvalue weighted by atomic mass is 16.5. The zero-order chi connectivity index (χ0) is 15.1. The van der Waals surface area contributed by atoms with Gasteiger partial charge in [0.05, 0.1) is 6.10 Å². The van der Waals surface area contributed by atoms with Crippen LogP contribution in [0.15, 0.2) is 18.5 Å². The maximum absolute atomic E-state index is 5.51. The van der Waals surface area contributed by atoms with Crippen molar-refractivity contribution in [3.63, 3.8) is 0 Å². The Hall–Kier alpha value is -2.38. The molecular formula is C13H21N7O. The first kappa shape index (κ1) is 15.0. The number of aryl methyl sites for hydroxylation is 1. The summed E-state index contributed by atoms with van der Waals surface area (Å²) in [5.74, 6) is 0.987. The molecule has 2 N–H and O–H groups in total. The molecule has 2 rings (SSSR count). The highest BCUT2D eigenvalue weighted by molar-refractivity contribution is 5.35. The molecule has 2 aromatic rings. The van der Waals surface area contributed by atoms with Crippen molar-refractivity contribution in [1.82, 2.24) is 24.7 Å². The van der Waals surface area contributed by atoms with Gasteiger partial charge in [0.15, 0.2) is 0 Å². The summed E-state index contributed by atoms with van der Waals surface area (Å²) in [5.41, 5.74) is 0. The van der Waals surface area contributed by atoms with Crippen molar-refractivity contribution in [3.05, 3.63) is 18.5 Å². The Labute approximate surface area is 124 Å². The molecule has 8 nitrogen and oxygen atoms in total. The van der Waals surface area contributed by atoms with E-state index in [1.54, 1.807) is 13.2 Å². The third-order valence-corrected chi connectivity index (χ3v) is 2.59. The first-order valence-corrected chi connectivity index (χ1v) is 6.99. The second kappa shape index (κ2) is 7.41. The van der Waals surface area contributed by atoms with E-state index in [1.165, 1.54) is 0 Å². The van der Waals surface area contributed by atoms with Crippen LogP contribution in [0.25, 0.3) is 0 Å². The molecule has 21 heavy (non-hydrogen) atoms. The van der Waals surface area contributed by atoms with Crippen LogP contribution in [-0.4, -0.2) is 44.4 Å². The van der Waals surface area contributed by atoms with Gasteiger partial charge in [-0.3, -0.25) is 4.68 Å². The van der Waals surface area contributed by atoms with E-state index in [1.807, 2.05) is 30.8 Å². The van der Waals surface area contributed by atoms with Crippen LogP contribution in [0.4, 0.5) is 11.9 Å². The highest BCUT2D eigenvalue weighted by Crippen LogP contribution is 2.12. The van der Waals surface area contributed by atoms with Crippen molar-refractivity contribution in [2.75, 3.05) is 24.2 Å². The average Bonchev–Trinajstić information content (AvgIpc) is 2.96. The lowest BCUT2D eigenvalue weighted by molar-refractivity contribution is 0.222. The standard InChI is InChI=1S/C13H21N7O/c1-10(2)21-13-18-11(14-3)17-12(19-13)15-6-4-8-20-9-5-7-16-20/h5,7,9-10H,4,6,8H2,1-3H3,(H2,14,15,17,18,19). The van der Waals surface area contributed by atoms with Crippen molar-refractivity contribution in [1.29, 1.82) is 0 Å². The summed E-state index contributed by atoms with van der Waals surface area (Å²) in [6, 6.07) is 2.23. The van der Waals surface area contributed by atoms with Gasteiger partial charge >= 0.3 is 6.01 Å². The summed E-state index contributed by atoms with van der Waals surface area (Å²) in [6.45, 7) is 5.45. The van der Waals surface area contributed by atoms with Crippen LogP contribution in [0, 0.1) is 0 Å². The Balaban J connectivity index is 1.89. The zero-order valence-corrected chi connectivity index (χ0v) is 12.6. The van der Waals surface area contributed by atoms with E-state index in [4.69, 9.17) is 4.74 Å². The van der Waals surface area contributed by atoms with Crippen molar-refractivity contribution < 1.29 is 4.74 Å². The summed E-state index contributed by atoms with van der Waals surface area (Å²) in [5, 5.41) is 10.2. The second-order valence-corrected chi connectivity index (χ2v) is 4.73. The number of rotatable bonds is 8. The van der Waals surface area contributed by atoms with Crippen LogP contribution < -0.4 is 15.4 Å². The molecule has 0 saturated heterocycles. The van der Waals surface area contributed by atoms with E-state index in [0.717, 1.165) is 19.5 Å². The summed E-state index contributed by atoms with van der Waals surface area (Å²) in [7, 11) is 1.76. The van der Waals surface area contributed by atoms with E-state index in [-0.39, 0.29) is 6.10 Å². The molecule has 0 saturated carbocycles. The minimum atomic E-state index is 0.0183. The second-order valence-electron chi connectivity index (χ2n) is 4.73. The molecule has 114 valence electrons. The normalized spacial score (nSPS) is 10.7. The molecule has 0 aliphatic heterocycles. The summed E-state index contributed by atoms with van der Waals surface area (Å²) < 4.78 is 7.40. The summed E-state index contributed by atoms with van der Waals surface area (Å²) in [6.07, 6.45) is 4.65. The first-order chi connectivity index (χ1) is 10.2. The molecule has 0 unspecified atom stereocenters. The van der Waals surface area contributed by atoms with Gasteiger partial charge < -0.3 is 15.4 Å². The number of nitrogens with one attached hydrogen (secondary N) is 2. The van der Waals surface area contributed by atoms with E-state index < -0.39 is 0 Å². The fourth-order valence-electron chi connectivity index (χ4n) is 1.68. The van der Waals surface area contributed by atoms with Gasteiger partial charge in [0.25, 0.3) is 0 Å². The van der Waals surface area contributed by atoms with E-state index >= 15 is 0 Å². The lowest BCUT2D eigenvalue weighted by Gasteiger charge is -2.11. The quantitative estimate of drug-likeness (QED) is 0.710. The van der Waals surface area contributed by atoms with Crippen LogP contribution in [0.1, 0.15) is 20.3 Å². The van der Waals surface area contributed by atoms with Gasteiger partial charge in [-0.05, 0) is 26.3 Å². The molecule has 2 aromatic heterocycles. The van der Waals surface area contributed by atoms with Gasteiger partial charge in [-0.1, -0.05) is 0 Å². The Morgan fingerprint density at radius 2 is 2.05 bits per heavy atom. The molecule has 0 radical (unpaired) electrons. The number of anilines is 2. The van der Waals surface area contributed by atoms with Gasteiger partial charge in [0.1, 0.15) is 0 Å². The van der Waals surface area contributed by atoms with Crippen LogP contribution >= 0.6 is 0 Å². The topological polar surface area (TPSA) is 89.8 Å². The van der Waals surface area contributed by atoms with Gasteiger partial charge in [-0.15, -0.1) is 0 Å². The third-order valence-electron chi connectivity index (χ3n) is 2.59. The molecule has 0 aliphatic carbocycles. The monoisotopic (exact) mass is 291 g/mol. The maximum Gasteiger partial charge on any atom is 0.323 e. The fourth-order valence-corrected chi connectivity index (χ4v) is 1.68. The van der Waals surface area contributed by atoms with Crippen LogP contribution in [-0.2, 0) is 6.54 Å². The molecule has 0 amide bonds. The Morgan fingerprint density at radius 3 is 2.71 bits per heavy atom. The number of ether oxygens (including phenoxy) is 1. The van der Waals surface area contributed by atoms with Crippen molar-refractivity contribution in [3.8, 4) is 6.01 Å². The first-order valence-electron chi connectivity index (χ1n) is 6.99. The minimum absolute atomic E-state index is 0.0183. The zero-order valence-electron chi connectivity index (χ0n) is 12.6. The molecule has 0 aliphatic rings. The smallest absolute Gasteiger partial charge is 0.323 e.